The number of rotatable bonds is 9. The molecule has 0 radical (unpaired) electrons. The predicted molar refractivity (Wildman–Crippen MR) is 101 cm³/mol. The topological polar surface area (TPSA) is 132 Å². The van der Waals surface area contributed by atoms with E-state index in [2.05, 4.69) is 0 Å². The fraction of sp³-hybridized carbons (Fsp3) is 0.550. The van der Waals surface area contributed by atoms with E-state index in [-0.39, 0.29) is 6.42 Å². The maximum atomic E-state index is 11.5. The molecule has 0 aromatic heterocycles. The molecule has 10 nitrogen and oxygen atoms in total. The summed E-state index contributed by atoms with van der Waals surface area (Å²) in [5.74, 6) is -2.97. The van der Waals surface area contributed by atoms with Crippen molar-refractivity contribution in [1.82, 2.24) is 0 Å². The van der Waals surface area contributed by atoms with Crippen LogP contribution < -0.4 is 0 Å². The first-order valence-electron chi connectivity index (χ1n) is 9.24. The largest absolute Gasteiger partial charge is 0.459 e. The Hall–Kier alpha value is -3.17. The molecule has 166 valence electrons. The Labute approximate surface area is 174 Å². The van der Waals surface area contributed by atoms with Crippen LogP contribution in [0.5, 0.6) is 0 Å². The third-order valence-corrected chi connectivity index (χ3v) is 3.79. The van der Waals surface area contributed by atoms with Gasteiger partial charge in [0.2, 0.25) is 0 Å². The van der Waals surface area contributed by atoms with Gasteiger partial charge in [0.25, 0.3) is 0 Å². The van der Waals surface area contributed by atoms with E-state index in [1.807, 2.05) is 0 Å². The van der Waals surface area contributed by atoms with Gasteiger partial charge in [0.05, 0.1) is 0 Å². The molecular weight excluding hydrogens is 400 g/mol. The standard InChI is InChI=1S/C20H26O10/c1-11(26-12(2)21)19(29-15(5)24)10-16(27-13(3)22)6-7-18-17(28-14(4)23)8-9-20(25)30-18/h6-9,11,16-19H,10H2,1-5H3. The maximum absolute atomic E-state index is 11.5. The van der Waals surface area contributed by atoms with Gasteiger partial charge in [-0.25, -0.2) is 4.79 Å². The molecule has 30 heavy (non-hydrogen) atoms. The van der Waals surface area contributed by atoms with E-state index in [9.17, 15) is 24.0 Å². The van der Waals surface area contributed by atoms with Crippen LogP contribution in [0.4, 0.5) is 0 Å². The summed E-state index contributed by atoms with van der Waals surface area (Å²) in [6.07, 6.45) is 0.913. The van der Waals surface area contributed by atoms with Crippen LogP contribution in [-0.4, -0.2) is 60.4 Å². The number of carbonyl (C=O) groups is 5. The fourth-order valence-corrected chi connectivity index (χ4v) is 2.70. The molecule has 0 aromatic carbocycles. The minimum atomic E-state index is -0.942. The number of cyclic esters (lactones) is 1. The van der Waals surface area contributed by atoms with E-state index in [4.69, 9.17) is 23.7 Å². The van der Waals surface area contributed by atoms with Gasteiger partial charge in [-0.3, -0.25) is 19.2 Å². The van der Waals surface area contributed by atoms with Crippen LogP contribution in [0.15, 0.2) is 24.3 Å². The maximum Gasteiger partial charge on any atom is 0.331 e. The first-order valence-corrected chi connectivity index (χ1v) is 9.24. The molecule has 1 aliphatic rings. The summed E-state index contributed by atoms with van der Waals surface area (Å²) in [6, 6.07) is 0. The van der Waals surface area contributed by atoms with E-state index in [0.717, 1.165) is 6.08 Å². The van der Waals surface area contributed by atoms with Crippen LogP contribution in [0.25, 0.3) is 0 Å². The van der Waals surface area contributed by atoms with Gasteiger partial charge in [-0.1, -0.05) is 0 Å². The van der Waals surface area contributed by atoms with Crippen LogP contribution in [0.2, 0.25) is 0 Å². The van der Waals surface area contributed by atoms with Crippen molar-refractivity contribution in [3.63, 3.8) is 0 Å². The SMILES string of the molecule is CC(=O)OC(C=CC1OC(=O)C=CC1OC(C)=O)CC(OC(C)=O)C(C)OC(C)=O. The summed E-state index contributed by atoms with van der Waals surface area (Å²) in [4.78, 5) is 57.0. The molecule has 5 atom stereocenters. The fourth-order valence-electron chi connectivity index (χ4n) is 2.70. The highest BCUT2D eigenvalue weighted by Crippen LogP contribution is 2.18. The summed E-state index contributed by atoms with van der Waals surface area (Å²) in [6.45, 7) is 6.36. The molecule has 0 saturated heterocycles. The minimum Gasteiger partial charge on any atom is -0.459 e. The smallest absolute Gasteiger partial charge is 0.331 e. The third-order valence-electron chi connectivity index (χ3n) is 3.79. The van der Waals surface area contributed by atoms with Crippen molar-refractivity contribution in [2.24, 2.45) is 0 Å². The molecule has 1 rings (SSSR count). The molecule has 5 unspecified atom stereocenters. The Bertz CT molecular complexity index is 723. The van der Waals surface area contributed by atoms with Crippen molar-refractivity contribution in [3.05, 3.63) is 24.3 Å². The molecule has 0 N–H and O–H groups in total. The highest BCUT2D eigenvalue weighted by atomic mass is 16.6. The minimum absolute atomic E-state index is 0.0289. The molecule has 0 saturated carbocycles. The predicted octanol–water partition coefficient (Wildman–Crippen LogP) is 1.16. The number of hydrogen-bond donors (Lipinski definition) is 0. The van der Waals surface area contributed by atoms with Gasteiger partial charge in [0, 0.05) is 40.2 Å². The van der Waals surface area contributed by atoms with E-state index in [0.29, 0.717) is 0 Å². The average molecular weight is 426 g/mol. The monoisotopic (exact) mass is 426 g/mol. The Balaban J connectivity index is 3.02. The highest BCUT2D eigenvalue weighted by Gasteiger charge is 2.30. The highest BCUT2D eigenvalue weighted by molar-refractivity contribution is 5.83. The van der Waals surface area contributed by atoms with Crippen LogP contribution >= 0.6 is 0 Å². The lowest BCUT2D eigenvalue weighted by atomic mass is 10.0. The van der Waals surface area contributed by atoms with Crippen LogP contribution in [0.3, 0.4) is 0 Å². The zero-order chi connectivity index (χ0) is 22.8. The normalized spacial score (nSPS) is 21.2. The second-order valence-corrected chi connectivity index (χ2v) is 6.57. The zero-order valence-corrected chi connectivity index (χ0v) is 17.5. The van der Waals surface area contributed by atoms with Gasteiger partial charge in [-0.2, -0.15) is 0 Å². The van der Waals surface area contributed by atoms with E-state index in [1.54, 1.807) is 0 Å². The first-order chi connectivity index (χ1) is 14.0. The van der Waals surface area contributed by atoms with Gasteiger partial charge in [-0.05, 0) is 25.2 Å². The Morgan fingerprint density at radius 3 is 2.13 bits per heavy atom. The zero-order valence-electron chi connectivity index (χ0n) is 17.5. The molecule has 0 bridgehead atoms. The van der Waals surface area contributed by atoms with Crippen molar-refractivity contribution < 1.29 is 47.7 Å². The molecule has 0 spiro atoms. The molecule has 0 fully saturated rings. The van der Waals surface area contributed by atoms with Crippen LogP contribution in [-0.2, 0) is 47.7 Å². The number of carbonyl (C=O) groups excluding carboxylic acids is 5. The van der Waals surface area contributed by atoms with Crippen LogP contribution in [0.1, 0.15) is 41.0 Å². The molecule has 0 amide bonds. The third kappa shape index (κ3) is 9.35. The average Bonchev–Trinajstić information content (AvgIpc) is 2.59. The van der Waals surface area contributed by atoms with Gasteiger partial charge in [-0.15, -0.1) is 0 Å². The first kappa shape index (κ1) is 24.9. The van der Waals surface area contributed by atoms with Crippen molar-refractivity contribution in [1.29, 1.82) is 0 Å². The van der Waals surface area contributed by atoms with Crippen LogP contribution in [0, 0.1) is 0 Å². The van der Waals surface area contributed by atoms with E-state index in [1.165, 1.54) is 52.8 Å². The molecule has 1 aliphatic heterocycles. The number of hydrogen-bond acceptors (Lipinski definition) is 10. The summed E-state index contributed by atoms with van der Waals surface area (Å²) in [5.41, 5.74) is 0. The number of ether oxygens (including phenoxy) is 5. The quantitative estimate of drug-likeness (QED) is 0.300. The summed E-state index contributed by atoms with van der Waals surface area (Å²) in [5, 5.41) is 0. The van der Waals surface area contributed by atoms with Crippen molar-refractivity contribution >= 4 is 29.8 Å². The van der Waals surface area contributed by atoms with Gasteiger partial charge < -0.3 is 23.7 Å². The van der Waals surface area contributed by atoms with Gasteiger partial charge >= 0.3 is 29.8 Å². The Morgan fingerprint density at radius 2 is 1.60 bits per heavy atom. The Morgan fingerprint density at radius 1 is 1.00 bits per heavy atom. The van der Waals surface area contributed by atoms with Gasteiger partial charge in [0.15, 0.2) is 12.2 Å². The summed E-state index contributed by atoms with van der Waals surface area (Å²) >= 11 is 0. The molecular formula is C20H26O10. The lowest BCUT2D eigenvalue weighted by Crippen LogP contribution is -2.37. The molecule has 0 aliphatic carbocycles. The van der Waals surface area contributed by atoms with E-state index >= 15 is 0 Å². The number of esters is 5. The molecule has 10 heteroatoms. The van der Waals surface area contributed by atoms with E-state index < -0.39 is 60.4 Å². The second-order valence-electron chi connectivity index (χ2n) is 6.57. The van der Waals surface area contributed by atoms with Gasteiger partial charge in [0.1, 0.15) is 18.3 Å². The molecule has 0 aromatic rings. The second kappa shape index (κ2) is 11.7. The van der Waals surface area contributed by atoms with Crippen molar-refractivity contribution in [2.45, 2.75) is 71.6 Å². The Kier molecular flexibility index (Phi) is 9.73. The molecule has 1 heterocycles. The van der Waals surface area contributed by atoms with Crippen molar-refractivity contribution in [2.75, 3.05) is 0 Å². The lowest BCUT2D eigenvalue weighted by molar-refractivity contribution is -0.167. The lowest BCUT2D eigenvalue weighted by Gasteiger charge is -2.27. The summed E-state index contributed by atoms with van der Waals surface area (Å²) in [7, 11) is 0. The van der Waals surface area contributed by atoms with Crippen molar-refractivity contribution in [3.8, 4) is 0 Å². The summed E-state index contributed by atoms with van der Waals surface area (Å²) < 4.78 is 25.7.